The second-order valence-corrected chi connectivity index (χ2v) is 5.10. The lowest BCUT2D eigenvalue weighted by Crippen LogP contribution is -2.43. The van der Waals surface area contributed by atoms with E-state index in [-0.39, 0.29) is 36.4 Å². The van der Waals surface area contributed by atoms with Crippen molar-refractivity contribution in [3.8, 4) is 0 Å². The molecular weight excluding hydrogens is 419 g/mol. The Morgan fingerprint density at radius 1 is 1.17 bits per heavy atom. The molecule has 0 saturated heterocycles. The van der Waals surface area contributed by atoms with Crippen molar-refractivity contribution < 1.29 is 9.21 Å². The maximum atomic E-state index is 11.9. The minimum atomic E-state index is -0.115. The van der Waals surface area contributed by atoms with Crippen molar-refractivity contribution in [1.82, 2.24) is 15.5 Å². The minimum absolute atomic E-state index is 0. The quantitative estimate of drug-likeness (QED) is 0.409. The molecule has 0 fully saturated rings. The van der Waals surface area contributed by atoms with Crippen LogP contribution in [0.3, 0.4) is 0 Å². The van der Waals surface area contributed by atoms with E-state index in [2.05, 4.69) is 27.8 Å². The van der Waals surface area contributed by atoms with E-state index in [0.717, 1.165) is 5.76 Å². The maximum absolute atomic E-state index is 11.9. The predicted octanol–water partition coefficient (Wildman–Crippen LogP) is 2.22. The van der Waals surface area contributed by atoms with Crippen LogP contribution < -0.4 is 10.6 Å². The van der Waals surface area contributed by atoms with Gasteiger partial charge in [0.2, 0.25) is 5.91 Å². The summed E-state index contributed by atoms with van der Waals surface area (Å²) in [5.74, 6) is 1.28. The number of furan rings is 1. The fourth-order valence-electron chi connectivity index (χ4n) is 2.14. The molecule has 2 aromatic rings. The number of guanidine groups is 1. The summed E-state index contributed by atoms with van der Waals surface area (Å²) in [6, 6.07) is 13.7. The SMILES string of the molecule is CN=C(NCC(=O)NCc1ccco1)N(C)Cc1ccccc1.I. The molecule has 0 spiro atoms. The van der Waals surface area contributed by atoms with Gasteiger partial charge in [-0.15, -0.1) is 24.0 Å². The highest BCUT2D eigenvalue weighted by Gasteiger charge is 2.09. The first-order valence-corrected chi connectivity index (χ1v) is 7.44. The van der Waals surface area contributed by atoms with E-state index in [1.54, 1.807) is 19.4 Å². The third-order valence-electron chi connectivity index (χ3n) is 3.28. The molecule has 0 radical (unpaired) electrons. The van der Waals surface area contributed by atoms with Crippen LogP contribution in [0.4, 0.5) is 0 Å². The summed E-state index contributed by atoms with van der Waals surface area (Å²) in [5, 5.41) is 5.84. The molecule has 0 atom stereocenters. The number of hydrogen-bond donors (Lipinski definition) is 2. The Morgan fingerprint density at radius 2 is 1.92 bits per heavy atom. The lowest BCUT2D eigenvalue weighted by molar-refractivity contribution is -0.120. The van der Waals surface area contributed by atoms with E-state index >= 15 is 0 Å². The molecule has 24 heavy (non-hydrogen) atoms. The number of aliphatic imine (C=N–C) groups is 1. The Kier molecular flexibility index (Phi) is 8.92. The standard InChI is InChI=1S/C17H22N4O2.HI/c1-18-17(21(2)13-14-7-4-3-5-8-14)20-12-16(22)19-11-15-9-6-10-23-15;/h3-10H,11-13H2,1-2H3,(H,18,20)(H,19,22);1H. The molecule has 0 aliphatic heterocycles. The lowest BCUT2D eigenvalue weighted by atomic mass is 10.2. The van der Waals surface area contributed by atoms with Gasteiger partial charge in [0.05, 0.1) is 19.4 Å². The Labute approximate surface area is 159 Å². The Morgan fingerprint density at radius 3 is 2.54 bits per heavy atom. The predicted molar refractivity (Wildman–Crippen MR) is 105 cm³/mol. The molecule has 1 amide bonds. The first-order chi connectivity index (χ1) is 11.2. The van der Waals surface area contributed by atoms with E-state index in [4.69, 9.17) is 4.42 Å². The van der Waals surface area contributed by atoms with Crippen molar-refractivity contribution in [2.75, 3.05) is 20.6 Å². The smallest absolute Gasteiger partial charge is 0.239 e. The zero-order valence-corrected chi connectivity index (χ0v) is 16.2. The van der Waals surface area contributed by atoms with Crippen molar-refractivity contribution in [2.24, 2.45) is 4.99 Å². The summed E-state index contributed by atoms with van der Waals surface area (Å²) in [6.07, 6.45) is 1.58. The molecule has 2 rings (SSSR count). The van der Waals surface area contributed by atoms with Crippen LogP contribution in [0.25, 0.3) is 0 Å². The first-order valence-electron chi connectivity index (χ1n) is 7.44. The second kappa shape index (κ2) is 10.7. The number of carbonyl (C=O) groups is 1. The number of benzene rings is 1. The van der Waals surface area contributed by atoms with Gasteiger partial charge in [0.1, 0.15) is 5.76 Å². The lowest BCUT2D eigenvalue weighted by Gasteiger charge is -2.22. The molecule has 7 heteroatoms. The van der Waals surface area contributed by atoms with Crippen LogP contribution in [0.5, 0.6) is 0 Å². The zero-order chi connectivity index (χ0) is 16.5. The van der Waals surface area contributed by atoms with Gasteiger partial charge >= 0.3 is 0 Å². The average Bonchev–Trinajstić information content (AvgIpc) is 3.08. The topological polar surface area (TPSA) is 69.9 Å². The highest BCUT2D eigenvalue weighted by Crippen LogP contribution is 2.02. The number of amides is 1. The van der Waals surface area contributed by atoms with Crippen molar-refractivity contribution in [3.05, 3.63) is 60.1 Å². The second-order valence-electron chi connectivity index (χ2n) is 5.10. The summed E-state index contributed by atoms with van der Waals surface area (Å²) in [4.78, 5) is 18.0. The fraction of sp³-hybridized carbons (Fsp3) is 0.294. The molecule has 6 nitrogen and oxygen atoms in total. The van der Waals surface area contributed by atoms with E-state index in [1.165, 1.54) is 5.56 Å². The van der Waals surface area contributed by atoms with Crippen molar-refractivity contribution in [2.45, 2.75) is 13.1 Å². The molecule has 1 aromatic carbocycles. The molecule has 0 aliphatic rings. The number of carbonyl (C=O) groups excluding carboxylic acids is 1. The summed E-state index contributed by atoms with van der Waals surface area (Å²) >= 11 is 0. The van der Waals surface area contributed by atoms with Gasteiger partial charge < -0.3 is 20.0 Å². The van der Waals surface area contributed by atoms with Crippen molar-refractivity contribution in [3.63, 3.8) is 0 Å². The zero-order valence-electron chi connectivity index (χ0n) is 13.9. The third kappa shape index (κ3) is 6.61. The van der Waals surface area contributed by atoms with Crippen LogP contribution in [-0.4, -0.2) is 37.4 Å². The van der Waals surface area contributed by atoms with Crippen LogP contribution in [0.2, 0.25) is 0 Å². The fourth-order valence-corrected chi connectivity index (χ4v) is 2.14. The number of hydrogen-bond acceptors (Lipinski definition) is 3. The number of rotatable bonds is 6. The van der Waals surface area contributed by atoms with Crippen molar-refractivity contribution in [1.29, 1.82) is 0 Å². The highest BCUT2D eigenvalue weighted by atomic mass is 127. The van der Waals surface area contributed by atoms with Gasteiger partial charge in [-0.05, 0) is 17.7 Å². The average molecular weight is 442 g/mol. The molecule has 0 unspecified atom stereocenters. The van der Waals surface area contributed by atoms with Crippen LogP contribution >= 0.6 is 24.0 Å². The summed E-state index contributed by atoms with van der Waals surface area (Å²) in [5.41, 5.74) is 1.18. The van der Waals surface area contributed by atoms with Crippen LogP contribution in [0.15, 0.2) is 58.1 Å². The van der Waals surface area contributed by atoms with Crippen LogP contribution in [-0.2, 0) is 17.9 Å². The number of halogens is 1. The highest BCUT2D eigenvalue weighted by molar-refractivity contribution is 14.0. The van der Waals surface area contributed by atoms with Crippen LogP contribution in [0, 0.1) is 0 Å². The summed E-state index contributed by atoms with van der Waals surface area (Å²) in [7, 11) is 3.63. The first kappa shape index (κ1) is 20.0. The molecule has 1 aromatic heterocycles. The molecular formula is C17H23IN4O2. The molecule has 1 heterocycles. The van der Waals surface area contributed by atoms with E-state index in [9.17, 15) is 4.79 Å². The third-order valence-corrected chi connectivity index (χ3v) is 3.28. The molecule has 130 valence electrons. The normalized spacial score (nSPS) is 10.7. The van der Waals surface area contributed by atoms with Gasteiger partial charge in [0.25, 0.3) is 0 Å². The summed E-state index contributed by atoms with van der Waals surface area (Å²) in [6.45, 7) is 1.26. The summed E-state index contributed by atoms with van der Waals surface area (Å²) < 4.78 is 5.17. The van der Waals surface area contributed by atoms with Gasteiger partial charge in [-0.2, -0.15) is 0 Å². The monoisotopic (exact) mass is 442 g/mol. The van der Waals surface area contributed by atoms with Gasteiger partial charge in [-0.3, -0.25) is 9.79 Å². The Bertz CT molecular complexity index is 629. The minimum Gasteiger partial charge on any atom is -0.467 e. The molecule has 0 bridgehead atoms. The van der Waals surface area contributed by atoms with Gasteiger partial charge in [0.15, 0.2) is 5.96 Å². The molecule has 2 N–H and O–H groups in total. The van der Waals surface area contributed by atoms with E-state index < -0.39 is 0 Å². The Hall–Kier alpha value is -2.03. The van der Waals surface area contributed by atoms with Crippen LogP contribution in [0.1, 0.15) is 11.3 Å². The number of nitrogens with zero attached hydrogens (tertiary/aromatic N) is 2. The van der Waals surface area contributed by atoms with Crippen molar-refractivity contribution >= 4 is 35.8 Å². The van der Waals surface area contributed by atoms with E-state index in [0.29, 0.717) is 19.0 Å². The van der Waals surface area contributed by atoms with Gasteiger partial charge in [-0.25, -0.2) is 0 Å². The maximum Gasteiger partial charge on any atom is 0.239 e. The molecule has 0 aliphatic carbocycles. The number of nitrogens with one attached hydrogen (secondary N) is 2. The van der Waals surface area contributed by atoms with E-state index in [1.807, 2.05) is 36.2 Å². The largest absolute Gasteiger partial charge is 0.467 e. The van der Waals surface area contributed by atoms with Gasteiger partial charge in [0, 0.05) is 20.6 Å². The van der Waals surface area contributed by atoms with Gasteiger partial charge in [-0.1, -0.05) is 30.3 Å². The molecule has 0 saturated carbocycles. The Balaban J connectivity index is 0.00000288.